The van der Waals surface area contributed by atoms with Crippen LogP contribution in [0, 0.1) is 6.92 Å². The molecular weight excluding hydrogens is 220 g/mol. The summed E-state index contributed by atoms with van der Waals surface area (Å²) in [7, 11) is 3.38. The van der Waals surface area contributed by atoms with E-state index in [4.69, 9.17) is 5.73 Å². The van der Waals surface area contributed by atoms with Gasteiger partial charge in [-0.1, -0.05) is 0 Å². The number of carbonyl (C=O) groups is 1. The van der Waals surface area contributed by atoms with E-state index in [-0.39, 0.29) is 12.0 Å². The van der Waals surface area contributed by atoms with Crippen molar-refractivity contribution in [2.24, 2.45) is 0 Å². The summed E-state index contributed by atoms with van der Waals surface area (Å²) in [6.07, 6.45) is 0. The minimum atomic E-state index is -0.120. The Morgan fingerprint density at radius 2 is 2.12 bits per heavy atom. The number of nitrogen functional groups attached to an aromatic ring is 1. The molecule has 0 radical (unpaired) electrons. The Morgan fingerprint density at radius 3 is 2.71 bits per heavy atom. The van der Waals surface area contributed by atoms with E-state index in [0.29, 0.717) is 18.9 Å². The van der Waals surface area contributed by atoms with Crippen molar-refractivity contribution in [3.63, 3.8) is 0 Å². The summed E-state index contributed by atoms with van der Waals surface area (Å²) >= 11 is 0. The van der Waals surface area contributed by atoms with Gasteiger partial charge in [-0.2, -0.15) is 4.98 Å². The third-order valence-electron chi connectivity index (χ3n) is 1.99. The molecule has 0 bridgehead atoms. The number of anilines is 2. The number of hydrogen-bond donors (Lipinski definition) is 3. The zero-order valence-electron chi connectivity index (χ0n) is 10.3. The van der Waals surface area contributed by atoms with E-state index in [2.05, 4.69) is 20.6 Å². The van der Waals surface area contributed by atoms with Gasteiger partial charge in [0.05, 0.1) is 0 Å². The summed E-state index contributed by atoms with van der Waals surface area (Å²) in [5.74, 6) is 0.902. The Kier molecular flexibility index (Phi) is 4.50. The molecule has 0 aliphatic carbocycles. The highest BCUT2D eigenvalue weighted by atomic mass is 16.2. The lowest BCUT2D eigenvalue weighted by Gasteiger charge is -2.12. The molecule has 0 aliphatic heterocycles. The largest absolute Gasteiger partial charge is 0.368 e. The summed E-state index contributed by atoms with van der Waals surface area (Å²) in [4.78, 5) is 20.7. The molecule has 0 saturated carbocycles. The molecule has 7 nitrogen and oxygen atoms in total. The van der Waals surface area contributed by atoms with E-state index in [1.165, 1.54) is 4.90 Å². The number of carbonyl (C=O) groups excluding carboxylic acids is 1. The van der Waals surface area contributed by atoms with Crippen molar-refractivity contribution in [3.8, 4) is 0 Å². The van der Waals surface area contributed by atoms with Crippen LogP contribution in [0.15, 0.2) is 6.07 Å². The quantitative estimate of drug-likeness (QED) is 0.644. The van der Waals surface area contributed by atoms with Crippen molar-refractivity contribution < 1.29 is 4.79 Å². The van der Waals surface area contributed by atoms with E-state index in [1.807, 2.05) is 6.92 Å². The van der Waals surface area contributed by atoms with Crippen LogP contribution >= 0.6 is 0 Å². The smallest absolute Gasteiger partial charge is 0.316 e. The van der Waals surface area contributed by atoms with Gasteiger partial charge in [-0.3, -0.25) is 0 Å². The topological polar surface area (TPSA) is 96.2 Å². The first kappa shape index (κ1) is 13.0. The van der Waals surface area contributed by atoms with Crippen LogP contribution in [0.1, 0.15) is 5.69 Å². The van der Waals surface area contributed by atoms with Crippen LogP contribution in [0.25, 0.3) is 0 Å². The first-order valence-electron chi connectivity index (χ1n) is 5.29. The Morgan fingerprint density at radius 1 is 1.41 bits per heavy atom. The molecular formula is C10H18N6O. The van der Waals surface area contributed by atoms with Crippen molar-refractivity contribution in [1.82, 2.24) is 20.2 Å². The monoisotopic (exact) mass is 238 g/mol. The molecule has 2 amide bonds. The SMILES string of the molecule is Cc1cc(NCCNC(=O)N(C)C)nc(N)n1. The van der Waals surface area contributed by atoms with Gasteiger partial charge in [-0.25, -0.2) is 9.78 Å². The highest BCUT2D eigenvalue weighted by molar-refractivity contribution is 5.73. The molecule has 1 aromatic rings. The number of rotatable bonds is 4. The number of urea groups is 1. The molecule has 0 spiro atoms. The lowest BCUT2D eigenvalue weighted by molar-refractivity contribution is 0.218. The predicted octanol–water partition coefficient (Wildman–Crippen LogP) is 0.0503. The van der Waals surface area contributed by atoms with Crippen LogP contribution in [0.4, 0.5) is 16.6 Å². The van der Waals surface area contributed by atoms with E-state index >= 15 is 0 Å². The maximum absolute atomic E-state index is 11.2. The summed E-state index contributed by atoms with van der Waals surface area (Å²) in [6, 6.07) is 1.68. The van der Waals surface area contributed by atoms with Gasteiger partial charge < -0.3 is 21.3 Å². The number of amides is 2. The van der Waals surface area contributed by atoms with Gasteiger partial charge in [0.2, 0.25) is 5.95 Å². The molecule has 4 N–H and O–H groups in total. The van der Waals surface area contributed by atoms with Crippen LogP contribution in [-0.4, -0.2) is 48.1 Å². The zero-order valence-corrected chi connectivity index (χ0v) is 10.3. The second-order valence-electron chi connectivity index (χ2n) is 3.81. The maximum Gasteiger partial charge on any atom is 0.316 e. The van der Waals surface area contributed by atoms with E-state index in [1.54, 1.807) is 20.2 Å². The molecule has 17 heavy (non-hydrogen) atoms. The number of hydrogen-bond acceptors (Lipinski definition) is 5. The Hall–Kier alpha value is -2.05. The van der Waals surface area contributed by atoms with Crippen molar-refractivity contribution in [1.29, 1.82) is 0 Å². The fraction of sp³-hybridized carbons (Fsp3) is 0.500. The fourth-order valence-electron chi connectivity index (χ4n) is 1.20. The Labute approximate surface area is 100 Å². The van der Waals surface area contributed by atoms with Gasteiger partial charge >= 0.3 is 6.03 Å². The third-order valence-corrected chi connectivity index (χ3v) is 1.99. The molecule has 0 aromatic carbocycles. The van der Waals surface area contributed by atoms with Crippen LogP contribution in [0.5, 0.6) is 0 Å². The van der Waals surface area contributed by atoms with Crippen LogP contribution < -0.4 is 16.4 Å². The lowest BCUT2D eigenvalue weighted by Crippen LogP contribution is -2.37. The van der Waals surface area contributed by atoms with Crippen LogP contribution in [0.2, 0.25) is 0 Å². The van der Waals surface area contributed by atoms with Crippen LogP contribution in [0.3, 0.4) is 0 Å². The maximum atomic E-state index is 11.2. The molecule has 1 aromatic heterocycles. The molecule has 94 valence electrons. The van der Waals surface area contributed by atoms with Gasteiger partial charge in [-0.05, 0) is 6.92 Å². The number of nitrogens with zero attached hydrogens (tertiary/aromatic N) is 3. The second-order valence-corrected chi connectivity index (χ2v) is 3.81. The van der Waals surface area contributed by atoms with Gasteiger partial charge in [0, 0.05) is 38.9 Å². The lowest BCUT2D eigenvalue weighted by atomic mass is 10.4. The number of aromatic nitrogens is 2. The van der Waals surface area contributed by atoms with Gasteiger partial charge in [0.25, 0.3) is 0 Å². The number of nitrogens with two attached hydrogens (primary N) is 1. The van der Waals surface area contributed by atoms with Gasteiger partial charge in [0.15, 0.2) is 0 Å². The standard InChI is InChI=1S/C10H18N6O/c1-7-6-8(15-9(11)14-7)12-4-5-13-10(17)16(2)3/h6H,4-5H2,1-3H3,(H,13,17)(H3,11,12,14,15). The highest BCUT2D eigenvalue weighted by Gasteiger charge is 2.01. The summed E-state index contributed by atoms with van der Waals surface area (Å²) in [6.45, 7) is 2.94. The molecule has 0 fully saturated rings. The van der Waals surface area contributed by atoms with Crippen molar-refractivity contribution in [3.05, 3.63) is 11.8 Å². The first-order valence-corrected chi connectivity index (χ1v) is 5.29. The molecule has 0 atom stereocenters. The van der Waals surface area contributed by atoms with E-state index in [9.17, 15) is 4.79 Å². The van der Waals surface area contributed by atoms with Crippen molar-refractivity contribution in [2.45, 2.75) is 6.92 Å². The highest BCUT2D eigenvalue weighted by Crippen LogP contribution is 2.05. The fourth-order valence-corrected chi connectivity index (χ4v) is 1.20. The third kappa shape index (κ3) is 4.54. The van der Waals surface area contributed by atoms with E-state index < -0.39 is 0 Å². The molecule has 0 unspecified atom stereocenters. The van der Waals surface area contributed by atoms with Gasteiger partial charge in [0.1, 0.15) is 5.82 Å². The van der Waals surface area contributed by atoms with Crippen molar-refractivity contribution >= 4 is 17.8 Å². The summed E-state index contributed by atoms with van der Waals surface area (Å²) in [5, 5.41) is 5.79. The minimum Gasteiger partial charge on any atom is -0.368 e. The zero-order chi connectivity index (χ0) is 12.8. The summed E-state index contributed by atoms with van der Waals surface area (Å²) < 4.78 is 0. The number of aryl methyl sites for hydroxylation is 1. The summed E-state index contributed by atoms with van der Waals surface area (Å²) in [5.41, 5.74) is 6.32. The second kappa shape index (κ2) is 5.88. The average Bonchev–Trinajstić information content (AvgIpc) is 2.22. The first-order chi connectivity index (χ1) is 7.99. The minimum absolute atomic E-state index is 0.120. The molecule has 0 aliphatic rings. The number of nitrogens with one attached hydrogen (secondary N) is 2. The molecule has 1 heterocycles. The van der Waals surface area contributed by atoms with Crippen molar-refractivity contribution in [2.75, 3.05) is 38.2 Å². The average molecular weight is 238 g/mol. The van der Waals surface area contributed by atoms with E-state index in [0.717, 1.165) is 5.69 Å². The molecule has 1 rings (SSSR count). The normalized spacial score (nSPS) is 9.82. The van der Waals surface area contributed by atoms with Gasteiger partial charge in [-0.15, -0.1) is 0 Å². The van der Waals surface area contributed by atoms with Crippen LogP contribution in [-0.2, 0) is 0 Å². The predicted molar refractivity (Wildman–Crippen MR) is 66.8 cm³/mol. The molecule has 0 saturated heterocycles. The Balaban J connectivity index is 2.33. The molecule has 7 heteroatoms. The Bertz CT molecular complexity index is 372.